The number of nitrogens with one attached hydrogen (secondary N) is 9. The van der Waals surface area contributed by atoms with Gasteiger partial charge in [0, 0.05) is 30.9 Å². The number of benzene rings is 2. The molecule has 0 aliphatic carbocycles. The van der Waals surface area contributed by atoms with Crippen molar-refractivity contribution in [2.75, 3.05) is 24.6 Å². The minimum absolute atomic E-state index is 0.00666. The van der Waals surface area contributed by atoms with Gasteiger partial charge in [0.1, 0.15) is 65.9 Å². The number of aliphatic hydroxyl groups excluding tert-OH is 1. The highest BCUT2D eigenvalue weighted by molar-refractivity contribution is 8.76. The summed E-state index contributed by atoms with van der Waals surface area (Å²) in [4.78, 5) is 179. The lowest BCUT2D eigenvalue weighted by molar-refractivity contribution is -0.142. The molecule has 11 amide bonds. The van der Waals surface area contributed by atoms with Crippen LogP contribution < -0.4 is 59.3 Å². The summed E-state index contributed by atoms with van der Waals surface area (Å²) in [6, 6.07) is -5.15. The van der Waals surface area contributed by atoms with Crippen LogP contribution in [0.25, 0.3) is 0 Å². The van der Waals surface area contributed by atoms with Gasteiger partial charge in [-0.15, -0.1) is 0 Å². The number of aliphatic carboxylic acids is 2. The summed E-state index contributed by atoms with van der Waals surface area (Å²) >= 11 is 0. The average molecular weight is 1260 g/mol. The third-order valence-electron chi connectivity index (χ3n) is 13.6. The third-order valence-corrected chi connectivity index (χ3v) is 16.0. The molecule has 0 aromatic heterocycles. The highest BCUT2D eigenvalue weighted by Gasteiger charge is 2.40. The normalized spacial score (nSPS) is 22.8. The van der Waals surface area contributed by atoms with E-state index < -0.39 is 174 Å². The molecule has 478 valence electrons. The number of carbonyl (C=O) groups excluding carboxylic acids is 11. The second-order valence-corrected chi connectivity index (χ2v) is 24.4. The minimum Gasteiger partial charge on any atom is -0.508 e. The smallest absolute Gasteiger partial charge is 0.305 e. The summed E-state index contributed by atoms with van der Waals surface area (Å²) in [5.41, 5.74) is 12.3. The molecule has 0 radical (unpaired) electrons. The van der Waals surface area contributed by atoms with E-state index in [1.54, 1.807) is 13.8 Å². The lowest BCUT2D eigenvalue weighted by Gasteiger charge is -2.29. The number of likely N-dealkylation sites (tertiary alicyclic amines) is 1. The fraction of sp³-hybridized carbons (Fsp3) is 0.545. The zero-order chi connectivity index (χ0) is 64.8. The number of phenolic OH excluding ortho intramolecular Hbond substituents is 2. The van der Waals surface area contributed by atoms with E-state index in [1.807, 2.05) is 13.8 Å². The first-order chi connectivity index (χ1) is 40.9. The van der Waals surface area contributed by atoms with E-state index in [4.69, 9.17) is 11.5 Å². The molecule has 2 aromatic carbocycles. The third kappa shape index (κ3) is 23.5. The maximum atomic E-state index is 14.6. The van der Waals surface area contributed by atoms with Crippen molar-refractivity contribution >= 4 is 98.5 Å². The molecule has 2 fully saturated rings. The number of carboxylic acid groups (broad SMARTS) is 2. The van der Waals surface area contributed by atoms with Gasteiger partial charge in [-0.1, -0.05) is 73.5 Å². The molecule has 87 heavy (non-hydrogen) atoms. The molecule has 18 N–H and O–H groups in total. The molecular weight excluding hydrogens is 1180 g/mol. The zero-order valence-corrected chi connectivity index (χ0v) is 50.2. The van der Waals surface area contributed by atoms with E-state index in [1.165, 1.54) is 53.4 Å². The van der Waals surface area contributed by atoms with Gasteiger partial charge in [-0.2, -0.15) is 0 Å². The van der Waals surface area contributed by atoms with Crippen molar-refractivity contribution in [3.8, 4) is 11.5 Å². The molecule has 0 bridgehead atoms. The van der Waals surface area contributed by atoms with Gasteiger partial charge in [0.25, 0.3) is 0 Å². The van der Waals surface area contributed by atoms with Crippen molar-refractivity contribution in [3.63, 3.8) is 0 Å². The highest BCUT2D eigenvalue weighted by atomic mass is 33.1. The standard InChI is InChI=1S/C55H78N12O18S2/c1-26(2)17-33(56)55(85)67-16-6-7-41(67)53(83)64-39-24-86-87-25-40(52(82)60-35(18-27(3)4)48(78)59-34(46(57)76)21-43(72)73)65-54(84)45(28(5)68)66-42(71)23-58-47(77)36(19-29-8-12-31(69)13-9-29)61-49(79)37(20-30-10-14-32(70)15-11-30)62-50(80)38(22-44(74)75)63-51(39)81/h8-15,26-28,33-41,45,68-70H,6-7,16-25,56H2,1-5H3,(H2,57,76)(H,58,77)(H,59,78)(H,60,82)(H,61,79)(H,62,80)(H,63,81)(H,64,83)(H,65,84)(H,66,71)(H,72,73)(H,74,75). The topological polar surface area (TPSA) is 487 Å². The number of phenols is 2. The van der Waals surface area contributed by atoms with Gasteiger partial charge in [-0.3, -0.25) is 62.3 Å². The average Bonchev–Trinajstić information content (AvgIpc) is 4.23. The van der Waals surface area contributed by atoms with Crippen LogP contribution in [-0.4, -0.2) is 198 Å². The largest absolute Gasteiger partial charge is 0.508 e. The first kappa shape index (κ1) is 71.3. The maximum Gasteiger partial charge on any atom is 0.305 e. The van der Waals surface area contributed by atoms with Crippen molar-refractivity contribution in [2.45, 2.75) is 153 Å². The number of aromatic hydroxyl groups is 2. The fourth-order valence-corrected chi connectivity index (χ4v) is 11.5. The molecular formula is C55H78N12O18S2. The van der Waals surface area contributed by atoms with E-state index in [2.05, 4.69) is 47.9 Å². The van der Waals surface area contributed by atoms with Gasteiger partial charge in [-0.25, -0.2) is 0 Å². The number of nitrogens with zero attached hydrogens (tertiary/aromatic N) is 1. The van der Waals surface area contributed by atoms with Crippen LogP contribution in [0.15, 0.2) is 48.5 Å². The second kappa shape index (κ2) is 34.2. The van der Waals surface area contributed by atoms with Crippen LogP contribution in [0.1, 0.15) is 84.3 Å². The Morgan fingerprint density at radius 3 is 1.72 bits per heavy atom. The van der Waals surface area contributed by atoms with Gasteiger partial charge in [0.2, 0.25) is 65.0 Å². The van der Waals surface area contributed by atoms with Gasteiger partial charge in [0.05, 0.1) is 31.5 Å². The van der Waals surface area contributed by atoms with Gasteiger partial charge < -0.3 is 89.8 Å². The molecule has 4 rings (SSSR count). The number of primary amides is 1. The van der Waals surface area contributed by atoms with Crippen molar-refractivity contribution in [2.24, 2.45) is 23.3 Å². The van der Waals surface area contributed by atoms with E-state index in [9.17, 15) is 87.9 Å². The van der Waals surface area contributed by atoms with Crippen molar-refractivity contribution < 1.29 is 87.9 Å². The number of amides is 11. The van der Waals surface area contributed by atoms with Crippen LogP contribution in [0, 0.1) is 11.8 Å². The molecule has 11 unspecified atom stereocenters. The molecule has 2 heterocycles. The molecule has 32 heteroatoms. The van der Waals surface area contributed by atoms with Crippen molar-refractivity contribution in [1.82, 2.24) is 52.8 Å². The number of aliphatic hydroxyl groups is 1. The van der Waals surface area contributed by atoms with Crippen LogP contribution in [0.3, 0.4) is 0 Å². The van der Waals surface area contributed by atoms with E-state index in [0.717, 1.165) is 28.5 Å². The summed E-state index contributed by atoms with van der Waals surface area (Å²) in [5.74, 6) is -16.2. The Bertz CT molecular complexity index is 2810. The highest BCUT2D eigenvalue weighted by Crippen LogP contribution is 2.26. The Morgan fingerprint density at radius 1 is 0.655 bits per heavy atom. The van der Waals surface area contributed by atoms with Gasteiger partial charge in [-0.05, 0) is 79.8 Å². The van der Waals surface area contributed by atoms with Crippen LogP contribution in [0.2, 0.25) is 0 Å². The molecule has 11 atom stereocenters. The number of carboxylic acids is 2. The molecule has 0 spiro atoms. The van der Waals surface area contributed by atoms with E-state index in [0.29, 0.717) is 17.5 Å². The van der Waals surface area contributed by atoms with E-state index in [-0.39, 0.29) is 62.0 Å². The molecule has 2 aliphatic rings. The molecule has 2 saturated heterocycles. The lowest BCUT2D eigenvalue weighted by Crippen LogP contribution is -2.61. The number of rotatable bonds is 21. The van der Waals surface area contributed by atoms with Gasteiger partial charge in [0.15, 0.2) is 0 Å². The first-order valence-corrected chi connectivity index (χ1v) is 30.4. The lowest BCUT2D eigenvalue weighted by atomic mass is 10.0. The Labute approximate surface area is 508 Å². The molecule has 0 saturated carbocycles. The minimum atomic E-state index is -2.00. The second-order valence-electron chi connectivity index (χ2n) is 21.9. The summed E-state index contributed by atoms with van der Waals surface area (Å²) in [7, 11) is 1.58. The molecule has 30 nitrogen and oxygen atoms in total. The van der Waals surface area contributed by atoms with Gasteiger partial charge >= 0.3 is 11.9 Å². The molecule has 2 aromatic rings. The quantitative estimate of drug-likeness (QED) is 0.0539. The number of hydrogen-bond acceptors (Lipinski definition) is 19. The Kier molecular flexibility index (Phi) is 28.0. The Balaban J connectivity index is 1.84. The SMILES string of the molecule is CC(C)CC(N)C(=O)N1CCCC1C(=O)NC1CSSCC(C(=O)NC(CC(C)C)C(=O)NC(CC(=O)O)C(N)=O)NC(=O)C(C(C)O)NC(=O)CNC(=O)C(Cc2ccc(O)cc2)NC(=O)C(Cc2ccc(O)cc2)NC(=O)C(CC(=O)O)NC1=O. The molecule has 2 aliphatic heterocycles. The van der Waals surface area contributed by atoms with Crippen molar-refractivity contribution in [3.05, 3.63) is 59.7 Å². The fourth-order valence-electron chi connectivity index (χ4n) is 9.17. The summed E-state index contributed by atoms with van der Waals surface area (Å²) in [6.07, 6.45) is -3.77. The Morgan fingerprint density at radius 2 is 1.20 bits per heavy atom. The first-order valence-electron chi connectivity index (χ1n) is 27.9. The summed E-state index contributed by atoms with van der Waals surface area (Å²) in [6.45, 7) is 7.38. The number of carbonyl (C=O) groups is 13. The number of nitrogens with two attached hydrogens (primary N) is 2. The van der Waals surface area contributed by atoms with Crippen molar-refractivity contribution in [1.29, 1.82) is 0 Å². The number of hydrogen-bond donors (Lipinski definition) is 16. The predicted octanol–water partition coefficient (Wildman–Crippen LogP) is -3.50. The maximum absolute atomic E-state index is 14.6. The van der Waals surface area contributed by atoms with Crippen LogP contribution in [0.5, 0.6) is 11.5 Å². The zero-order valence-electron chi connectivity index (χ0n) is 48.6. The van der Waals surface area contributed by atoms with Crippen LogP contribution in [-0.2, 0) is 75.2 Å². The predicted molar refractivity (Wildman–Crippen MR) is 314 cm³/mol. The Hall–Kier alpha value is -8.23. The monoisotopic (exact) mass is 1260 g/mol. The summed E-state index contributed by atoms with van der Waals surface area (Å²) < 4.78 is 0. The summed E-state index contributed by atoms with van der Waals surface area (Å²) in [5, 5.41) is 72.0. The van der Waals surface area contributed by atoms with E-state index >= 15 is 0 Å². The van der Waals surface area contributed by atoms with Crippen LogP contribution in [0.4, 0.5) is 0 Å². The van der Waals surface area contributed by atoms with Crippen LogP contribution >= 0.6 is 21.6 Å².